The van der Waals surface area contributed by atoms with Crippen LogP contribution in [0.2, 0.25) is 5.02 Å². The van der Waals surface area contributed by atoms with Gasteiger partial charge in [0.2, 0.25) is 5.91 Å². The quantitative estimate of drug-likeness (QED) is 0.326. The number of hydrogen-bond acceptors (Lipinski definition) is 4. The largest absolute Gasteiger partial charge is 0.457 e. The number of ether oxygens (including phenoxy) is 1. The average molecular weight is 540 g/mol. The second-order valence-corrected chi connectivity index (χ2v) is 12.0. The zero-order valence-corrected chi connectivity index (χ0v) is 24.3. The third-order valence-electron chi connectivity index (χ3n) is 8.62. The zero-order chi connectivity index (χ0) is 27.0. The van der Waals surface area contributed by atoms with Crippen LogP contribution >= 0.6 is 11.6 Å². The molecule has 0 bridgehead atoms. The molecular weight excluding hydrogens is 494 g/mol. The van der Waals surface area contributed by atoms with E-state index in [1.54, 1.807) is 0 Å². The standard InChI is InChI=1S/C32H46ClN3O2/c1-4-20-36(31(37)30(34-3)23-25-8-6-5-7-9-25)32(2)18-21-35(22-19-32)24-26-10-14-28(15-11-26)38-29-16-12-27(33)13-17-29/h10-17,25,30,34H,4-9,18-24H2,1-3H3/t30-/m1/s1. The van der Waals surface area contributed by atoms with Gasteiger partial charge < -0.3 is 15.0 Å². The van der Waals surface area contributed by atoms with Gasteiger partial charge in [-0.3, -0.25) is 9.69 Å². The average Bonchev–Trinajstić information content (AvgIpc) is 2.94. The molecule has 4 rings (SSSR count). The van der Waals surface area contributed by atoms with Crippen LogP contribution in [0.3, 0.4) is 0 Å². The Bertz CT molecular complexity index is 996. The second-order valence-electron chi connectivity index (χ2n) is 11.5. The summed E-state index contributed by atoms with van der Waals surface area (Å²) in [6.45, 7) is 8.26. The molecule has 1 saturated heterocycles. The molecule has 0 aromatic heterocycles. The van der Waals surface area contributed by atoms with Crippen molar-refractivity contribution in [3.63, 3.8) is 0 Å². The first-order valence-electron chi connectivity index (χ1n) is 14.6. The molecule has 1 amide bonds. The minimum atomic E-state index is -0.0818. The number of amides is 1. The van der Waals surface area contributed by atoms with Crippen LogP contribution in [0.4, 0.5) is 0 Å². The third-order valence-corrected chi connectivity index (χ3v) is 8.87. The molecule has 6 heteroatoms. The molecule has 0 spiro atoms. The lowest BCUT2D eigenvalue weighted by molar-refractivity contribution is -0.142. The summed E-state index contributed by atoms with van der Waals surface area (Å²) in [5.74, 6) is 2.60. The van der Waals surface area contributed by atoms with Crippen molar-refractivity contribution in [3.05, 3.63) is 59.1 Å². The van der Waals surface area contributed by atoms with Crippen molar-refractivity contribution >= 4 is 17.5 Å². The Morgan fingerprint density at radius 3 is 2.24 bits per heavy atom. The van der Waals surface area contributed by atoms with Crippen molar-refractivity contribution in [1.29, 1.82) is 0 Å². The molecule has 1 aliphatic carbocycles. The smallest absolute Gasteiger partial charge is 0.240 e. The van der Waals surface area contributed by atoms with Crippen molar-refractivity contribution in [3.8, 4) is 11.5 Å². The summed E-state index contributed by atoms with van der Waals surface area (Å²) in [5.41, 5.74) is 1.20. The van der Waals surface area contributed by atoms with Gasteiger partial charge in [0.25, 0.3) is 0 Å². The van der Waals surface area contributed by atoms with E-state index in [2.05, 4.69) is 41.1 Å². The molecular formula is C32H46ClN3O2. The Balaban J connectivity index is 1.31. The number of hydrogen-bond donors (Lipinski definition) is 1. The van der Waals surface area contributed by atoms with Gasteiger partial charge in [-0.25, -0.2) is 0 Å². The van der Waals surface area contributed by atoms with Crippen molar-refractivity contribution in [2.45, 2.75) is 89.8 Å². The summed E-state index contributed by atoms with van der Waals surface area (Å²) in [7, 11) is 1.96. The Labute approximate surface area is 234 Å². The van der Waals surface area contributed by atoms with E-state index in [4.69, 9.17) is 16.3 Å². The van der Waals surface area contributed by atoms with Crippen molar-refractivity contribution in [2.24, 2.45) is 5.92 Å². The van der Waals surface area contributed by atoms with E-state index >= 15 is 0 Å². The minimum absolute atomic E-state index is 0.0619. The van der Waals surface area contributed by atoms with Crippen LogP contribution in [0, 0.1) is 5.92 Å². The summed E-state index contributed by atoms with van der Waals surface area (Å²) in [6, 6.07) is 15.7. The molecule has 0 unspecified atom stereocenters. The van der Waals surface area contributed by atoms with Crippen LogP contribution in [0.5, 0.6) is 11.5 Å². The van der Waals surface area contributed by atoms with Crippen molar-refractivity contribution < 1.29 is 9.53 Å². The number of benzene rings is 2. The lowest BCUT2D eigenvalue weighted by atomic mass is 9.83. The van der Waals surface area contributed by atoms with Crippen LogP contribution in [-0.4, -0.2) is 54.0 Å². The number of nitrogens with zero attached hydrogens (tertiary/aromatic N) is 2. The van der Waals surface area contributed by atoms with Crippen molar-refractivity contribution in [2.75, 3.05) is 26.7 Å². The fourth-order valence-corrected chi connectivity index (χ4v) is 6.30. The first-order chi connectivity index (χ1) is 18.4. The third kappa shape index (κ3) is 7.74. The first-order valence-corrected chi connectivity index (χ1v) is 15.0. The summed E-state index contributed by atoms with van der Waals surface area (Å²) in [5, 5.41) is 4.09. The molecule has 2 aliphatic rings. The zero-order valence-electron chi connectivity index (χ0n) is 23.6. The first kappa shape index (κ1) is 28.9. The summed E-state index contributed by atoms with van der Waals surface area (Å²) in [6.07, 6.45) is 10.5. The van der Waals surface area contributed by atoms with Crippen LogP contribution < -0.4 is 10.1 Å². The SMILES string of the molecule is CCCN(C(=O)[C@@H](CC1CCCCC1)NC)C1(C)CCN(Cc2ccc(Oc3ccc(Cl)cc3)cc2)CC1. The van der Waals surface area contributed by atoms with Crippen LogP contribution in [0.15, 0.2) is 48.5 Å². The van der Waals surface area contributed by atoms with Gasteiger partial charge in [-0.2, -0.15) is 0 Å². The molecule has 38 heavy (non-hydrogen) atoms. The van der Waals surface area contributed by atoms with E-state index in [1.807, 2.05) is 43.4 Å². The fourth-order valence-electron chi connectivity index (χ4n) is 6.18. The monoisotopic (exact) mass is 539 g/mol. The van der Waals surface area contributed by atoms with E-state index in [0.717, 1.165) is 63.4 Å². The predicted octanol–water partition coefficient (Wildman–Crippen LogP) is 7.28. The molecule has 2 aromatic carbocycles. The van der Waals surface area contributed by atoms with Crippen LogP contribution in [0.1, 0.15) is 77.2 Å². The molecule has 1 saturated carbocycles. The molecule has 0 radical (unpaired) electrons. The molecule has 208 valence electrons. The van der Waals surface area contributed by atoms with Gasteiger partial charge in [-0.15, -0.1) is 0 Å². The van der Waals surface area contributed by atoms with Crippen molar-refractivity contribution in [1.82, 2.24) is 15.1 Å². The number of piperidine rings is 1. The summed E-state index contributed by atoms with van der Waals surface area (Å²) >= 11 is 5.97. The van der Waals surface area contributed by atoms with Crippen LogP contribution in [-0.2, 0) is 11.3 Å². The highest BCUT2D eigenvalue weighted by Crippen LogP contribution is 2.33. The lowest BCUT2D eigenvalue weighted by Crippen LogP contribution is -2.59. The maximum absolute atomic E-state index is 13.8. The Morgan fingerprint density at radius 1 is 1.05 bits per heavy atom. The molecule has 1 heterocycles. The topological polar surface area (TPSA) is 44.8 Å². The van der Waals surface area contributed by atoms with Gasteiger partial charge >= 0.3 is 0 Å². The maximum Gasteiger partial charge on any atom is 0.240 e. The Hall–Kier alpha value is -2.08. The van der Waals surface area contributed by atoms with Gasteiger partial charge in [-0.1, -0.05) is 62.8 Å². The summed E-state index contributed by atoms with van der Waals surface area (Å²) < 4.78 is 5.94. The minimum Gasteiger partial charge on any atom is -0.457 e. The van der Waals surface area contributed by atoms with Gasteiger partial charge in [0.1, 0.15) is 11.5 Å². The number of halogens is 1. The van der Waals surface area contributed by atoms with Gasteiger partial charge in [0, 0.05) is 36.7 Å². The van der Waals surface area contributed by atoms with E-state index < -0.39 is 0 Å². The highest BCUT2D eigenvalue weighted by atomic mass is 35.5. The number of rotatable bonds is 11. The number of nitrogens with one attached hydrogen (secondary N) is 1. The molecule has 1 aliphatic heterocycles. The number of carbonyl (C=O) groups excluding carboxylic acids is 1. The highest BCUT2D eigenvalue weighted by Gasteiger charge is 2.40. The number of carbonyl (C=O) groups is 1. The Morgan fingerprint density at radius 2 is 1.66 bits per heavy atom. The molecule has 1 N–H and O–H groups in total. The molecule has 2 aromatic rings. The molecule has 5 nitrogen and oxygen atoms in total. The normalized spacial score (nSPS) is 19.2. The maximum atomic E-state index is 13.8. The van der Waals surface area contributed by atoms with E-state index in [1.165, 1.54) is 37.7 Å². The van der Waals surface area contributed by atoms with Crippen LogP contribution in [0.25, 0.3) is 0 Å². The fraction of sp³-hybridized carbons (Fsp3) is 0.594. The number of likely N-dealkylation sites (N-methyl/N-ethyl adjacent to an activating group) is 1. The highest BCUT2D eigenvalue weighted by molar-refractivity contribution is 6.30. The van der Waals surface area contributed by atoms with Gasteiger partial charge in [0.05, 0.1) is 6.04 Å². The Kier molecular flexibility index (Phi) is 10.5. The van der Waals surface area contributed by atoms with E-state index in [9.17, 15) is 4.79 Å². The predicted molar refractivity (Wildman–Crippen MR) is 157 cm³/mol. The molecule has 1 atom stereocenters. The number of likely N-dealkylation sites (tertiary alicyclic amines) is 1. The van der Waals surface area contributed by atoms with Gasteiger partial charge in [-0.05, 0) is 87.5 Å². The van der Waals surface area contributed by atoms with Gasteiger partial charge in [0.15, 0.2) is 0 Å². The summed E-state index contributed by atoms with van der Waals surface area (Å²) in [4.78, 5) is 18.6. The second kappa shape index (κ2) is 13.8. The lowest BCUT2D eigenvalue weighted by Gasteiger charge is -2.48. The van der Waals surface area contributed by atoms with E-state index in [-0.39, 0.29) is 11.6 Å². The van der Waals surface area contributed by atoms with E-state index in [0.29, 0.717) is 16.8 Å². The molecule has 2 fully saturated rings.